The molecule has 0 spiro atoms. The molecule has 2 aromatic heterocycles. The number of benzene rings is 1. The van der Waals surface area contributed by atoms with Crippen LogP contribution >= 0.6 is 22.7 Å². The van der Waals surface area contributed by atoms with Crippen molar-refractivity contribution >= 4 is 50.0 Å². The molecule has 1 aliphatic heterocycles. The van der Waals surface area contributed by atoms with Crippen LogP contribution in [0.2, 0.25) is 0 Å². The van der Waals surface area contributed by atoms with Gasteiger partial charge in [-0.25, -0.2) is 4.98 Å². The number of hydrogen-bond donors (Lipinski definition) is 1. The van der Waals surface area contributed by atoms with Crippen molar-refractivity contribution in [1.29, 1.82) is 0 Å². The first-order valence-corrected chi connectivity index (χ1v) is 11.6. The maximum Gasteiger partial charge on any atom is 0.244 e. The molecule has 3 heterocycles. The van der Waals surface area contributed by atoms with E-state index in [4.69, 9.17) is 4.98 Å². The SMILES string of the molecule is Cc1ccc(C)c2sc(N3CCN(CCNC(=O)/C=C/c4cccs4)CC3)nc12. The number of anilines is 1. The number of thiophene rings is 1. The van der Waals surface area contributed by atoms with Crippen molar-refractivity contribution in [3.8, 4) is 0 Å². The number of rotatable bonds is 6. The Kier molecular flexibility index (Phi) is 6.28. The number of nitrogens with zero attached hydrogens (tertiary/aromatic N) is 3. The van der Waals surface area contributed by atoms with E-state index in [2.05, 4.69) is 41.1 Å². The molecule has 0 bridgehead atoms. The van der Waals surface area contributed by atoms with Gasteiger partial charge >= 0.3 is 0 Å². The minimum Gasteiger partial charge on any atom is -0.351 e. The van der Waals surface area contributed by atoms with Crippen molar-refractivity contribution in [1.82, 2.24) is 15.2 Å². The van der Waals surface area contributed by atoms with E-state index in [1.54, 1.807) is 28.7 Å². The first-order chi connectivity index (χ1) is 14.1. The first kappa shape index (κ1) is 20.1. The van der Waals surface area contributed by atoms with Crippen LogP contribution in [0.1, 0.15) is 16.0 Å². The van der Waals surface area contributed by atoms with Gasteiger partial charge in [0.2, 0.25) is 5.91 Å². The van der Waals surface area contributed by atoms with E-state index in [9.17, 15) is 4.79 Å². The smallest absolute Gasteiger partial charge is 0.244 e. The number of hydrogen-bond acceptors (Lipinski definition) is 6. The Labute approximate surface area is 179 Å². The third-order valence-electron chi connectivity index (χ3n) is 5.24. The largest absolute Gasteiger partial charge is 0.351 e. The predicted molar refractivity (Wildman–Crippen MR) is 124 cm³/mol. The predicted octanol–water partition coefficient (Wildman–Crippen LogP) is 3.93. The number of carbonyl (C=O) groups excluding carboxylic acids is 1. The van der Waals surface area contributed by atoms with Gasteiger partial charge in [0.25, 0.3) is 0 Å². The molecule has 152 valence electrons. The lowest BCUT2D eigenvalue weighted by molar-refractivity contribution is -0.116. The van der Waals surface area contributed by atoms with Gasteiger partial charge in [0.1, 0.15) is 0 Å². The Balaban J connectivity index is 1.24. The number of thiazole rings is 1. The Morgan fingerprint density at radius 3 is 2.69 bits per heavy atom. The average molecular weight is 427 g/mol. The topological polar surface area (TPSA) is 48.5 Å². The van der Waals surface area contributed by atoms with Crippen molar-refractivity contribution in [2.24, 2.45) is 0 Å². The molecule has 1 aliphatic rings. The van der Waals surface area contributed by atoms with Gasteiger partial charge in [0, 0.05) is 50.2 Å². The summed E-state index contributed by atoms with van der Waals surface area (Å²) in [6.45, 7) is 9.79. The van der Waals surface area contributed by atoms with Crippen LogP contribution in [0.5, 0.6) is 0 Å². The molecule has 0 radical (unpaired) electrons. The molecule has 4 rings (SSSR count). The highest BCUT2D eigenvalue weighted by molar-refractivity contribution is 7.22. The summed E-state index contributed by atoms with van der Waals surface area (Å²) in [5.41, 5.74) is 3.69. The van der Waals surface area contributed by atoms with Crippen LogP contribution in [0, 0.1) is 13.8 Å². The van der Waals surface area contributed by atoms with E-state index in [0.29, 0.717) is 6.54 Å². The quantitative estimate of drug-likeness (QED) is 0.607. The molecular weight excluding hydrogens is 400 g/mol. The number of carbonyl (C=O) groups is 1. The summed E-state index contributed by atoms with van der Waals surface area (Å²) in [6.07, 6.45) is 3.47. The lowest BCUT2D eigenvalue weighted by Gasteiger charge is -2.34. The lowest BCUT2D eigenvalue weighted by atomic mass is 10.1. The summed E-state index contributed by atoms with van der Waals surface area (Å²) in [6, 6.07) is 8.32. The summed E-state index contributed by atoms with van der Waals surface area (Å²) in [4.78, 5) is 22.7. The molecule has 0 aliphatic carbocycles. The average Bonchev–Trinajstić information content (AvgIpc) is 3.40. The molecule has 1 aromatic carbocycles. The third-order valence-corrected chi connectivity index (χ3v) is 7.33. The summed E-state index contributed by atoms with van der Waals surface area (Å²) in [5.74, 6) is -0.0303. The van der Waals surface area contributed by atoms with Gasteiger partial charge in [-0.3, -0.25) is 9.69 Å². The van der Waals surface area contributed by atoms with Gasteiger partial charge in [0.05, 0.1) is 10.2 Å². The second-order valence-electron chi connectivity index (χ2n) is 7.34. The van der Waals surface area contributed by atoms with Crippen LogP contribution < -0.4 is 10.2 Å². The number of amides is 1. The standard InChI is InChI=1S/C22H26N4OS2/c1-16-5-6-17(2)21-20(16)24-22(29-21)26-13-11-25(12-14-26)10-9-23-19(27)8-7-18-4-3-15-28-18/h3-8,15H,9-14H2,1-2H3,(H,23,27)/b8-7+. The molecule has 5 nitrogen and oxygen atoms in total. The monoisotopic (exact) mass is 426 g/mol. The van der Waals surface area contributed by atoms with Gasteiger partial charge < -0.3 is 10.2 Å². The fourth-order valence-corrected chi connectivity index (χ4v) is 5.27. The number of aryl methyl sites for hydroxylation is 2. The number of piperazine rings is 1. The van der Waals surface area contributed by atoms with E-state index in [0.717, 1.165) is 48.2 Å². The van der Waals surface area contributed by atoms with Crippen molar-refractivity contribution in [2.45, 2.75) is 13.8 Å². The van der Waals surface area contributed by atoms with Crippen LogP contribution in [0.25, 0.3) is 16.3 Å². The first-order valence-electron chi connectivity index (χ1n) is 9.93. The van der Waals surface area contributed by atoms with Gasteiger partial charge in [-0.15, -0.1) is 11.3 Å². The lowest BCUT2D eigenvalue weighted by Crippen LogP contribution is -2.48. The zero-order chi connectivity index (χ0) is 20.2. The molecule has 0 unspecified atom stereocenters. The molecular formula is C22H26N4OS2. The fourth-order valence-electron chi connectivity index (χ4n) is 3.49. The van der Waals surface area contributed by atoms with Gasteiger partial charge in [-0.2, -0.15) is 0 Å². The molecule has 1 N–H and O–H groups in total. The van der Waals surface area contributed by atoms with E-state index in [-0.39, 0.29) is 5.91 Å². The molecule has 7 heteroatoms. The van der Waals surface area contributed by atoms with E-state index in [1.807, 2.05) is 23.6 Å². The van der Waals surface area contributed by atoms with Crippen LogP contribution in [0.3, 0.4) is 0 Å². The molecule has 0 atom stereocenters. The second kappa shape index (κ2) is 9.07. The van der Waals surface area contributed by atoms with E-state index in [1.165, 1.54) is 15.8 Å². The Hall–Kier alpha value is -2.22. The minimum atomic E-state index is -0.0303. The van der Waals surface area contributed by atoms with Gasteiger partial charge in [-0.1, -0.05) is 29.5 Å². The Morgan fingerprint density at radius 1 is 1.17 bits per heavy atom. The van der Waals surface area contributed by atoms with Crippen LogP contribution in [0.4, 0.5) is 5.13 Å². The Morgan fingerprint density at radius 2 is 1.97 bits per heavy atom. The van der Waals surface area contributed by atoms with Crippen molar-refractivity contribution in [3.63, 3.8) is 0 Å². The molecule has 0 saturated carbocycles. The summed E-state index contributed by atoms with van der Waals surface area (Å²) >= 11 is 3.43. The Bertz CT molecular complexity index is 962. The van der Waals surface area contributed by atoms with Gasteiger partial charge in [0.15, 0.2) is 5.13 Å². The van der Waals surface area contributed by atoms with Crippen molar-refractivity contribution in [2.75, 3.05) is 44.2 Å². The normalized spacial score (nSPS) is 15.4. The summed E-state index contributed by atoms with van der Waals surface area (Å²) in [7, 11) is 0. The highest BCUT2D eigenvalue weighted by atomic mass is 32.1. The highest BCUT2D eigenvalue weighted by Crippen LogP contribution is 2.33. The molecule has 1 saturated heterocycles. The van der Waals surface area contributed by atoms with Crippen LogP contribution in [-0.2, 0) is 4.79 Å². The maximum absolute atomic E-state index is 11.9. The van der Waals surface area contributed by atoms with Crippen molar-refractivity contribution < 1.29 is 4.79 Å². The van der Waals surface area contributed by atoms with E-state index < -0.39 is 0 Å². The maximum atomic E-state index is 11.9. The zero-order valence-corrected chi connectivity index (χ0v) is 18.5. The second-order valence-corrected chi connectivity index (χ2v) is 9.30. The molecule has 1 amide bonds. The zero-order valence-electron chi connectivity index (χ0n) is 16.9. The van der Waals surface area contributed by atoms with Crippen LogP contribution in [-0.4, -0.2) is 55.1 Å². The summed E-state index contributed by atoms with van der Waals surface area (Å²) < 4.78 is 1.31. The number of fused-ring (bicyclic) bond motifs is 1. The van der Waals surface area contributed by atoms with Gasteiger partial charge in [-0.05, 0) is 42.5 Å². The van der Waals surface area contributed by atoms with Crippen molar-refractivity contribution in [3.05, 3.63) is 51.7 Å². The number of aromatic nitrogens is 1. The molecule has 29 heavy (non-hydrogen) atoms. The van der Waals surface area contributed by atoms with Crippen LogP contribution in [0.15, 0.2) is 35.7 Å². The highest BCUT2D eigenvalue weighted by Gasteiger charge is 2.20. The summed E-state index contributed by atoms with van der Waals surface area (Å²) in [5, 5.41) is 6.12. The molecule has 1 fully saturated rings. The fraction of sp³-hybridized carbons (Fsp3) is 0.364. The number of nitrogens with one attached hydrogen (secondary N) is 1. The minimum absolute atomic E-state index is 0.0303. The van der Waals surface area contributed by atoms with E-state index >= 15 is 0 Å². The third kappa shape index (κ3) is 4.86. The molecule has 3 aromatic rings.